The number of likely N-dealkylation sites (N-methyl/N-ethyl adjacent to an activating group) is 1. The molecular formula is C14H18FN3O. The fourth-order valence-corrected chi connectivity index (χ4v) is 1.82. The van der Waals surface area contributed by atoms with Gasteiger partial charge in [0.1, 0.15) is 5.82 Å². The number of nitrogens with zero attached hydrogens (tertiary/aromatic N) is 2. The predicted octanol–water partition coefficient (Wildman–Crippen LogP) is 2.51. The Balaban J connectivity index is 2.14. The van der Waals surface area contributed by atoms with E-state index in [-0.39, 0.29) is 17.8 Å². The lowest BCUT2D eigenvalue weighted by atomic mass is 10.0. The van der Waals surface area contributed by atoms with Crippen LogP contribution in [0.3, 0.4) is 0 Å². The summed E-state index contributed by atoms with van der Waals surface area (Å²) >= 11 is 0. The van der Waals surface area contributed by atoms with Crippen LogP contribution in [-0.2, 0) is 6.42 Å². The summed E-state index contributed by atoms with van der Waals surface area (Å²) in [6, 6.07) is 6.74. The van der Waals surface area contributed by atoms with Crippen molar-refractivity contribution in [2.75, 3.05) is 7.05 Å². The van der Waals surface area contributed by atoms with Gasteiger partial charge in [0.15, 0.2) is 5.82 Å². The molecule has 2 aromatic rings. The van der Waals surface area contributed by atoms with Crippen molar-refractivity contribution in [2.24, 2.45) is 0 Å². The fraction of sp³-hybridized carbons (Fsp3) is 0.429. The Morgan fingerprint density at radius 2 is 2.16 bits per heavy atom. The van der Waals surface area contributed by atoms with Crippen LogP contribution in [0.25, 0.3) is 0 Å². The quantitative estimate of drug-likeness (QED) is 0.900. The minimum Gasteiger partial charge on any atom is -0.339 e. The number of nitrogens with one attached hydrogen (secondary N) is 1. The van der Waals surface area contributed by atoms with Gasteiger partial charge in [-0.3, -0.25) is 0 Å². The number of rotatable bonds is 5. The summed E-state index contributed by atoms with van der Waals surface area (Å²) < 4.78 is 18.4. The lowest BCUT2D eigenvalue weighted by Gasteiger charge is -2.06. The van der Waals surface area contributed by atoms with Gasteiger partial charge in [0, 0.05) is 12.5 Å². The van der Waals surface area contributed by atoms with Crippen LogP contribution in [0, 0.1) is 5.82 Å². The topological polar surface area (TPSA) is 51.0 Å². The van der Waals surface area contributed by atoms with Crippen molar-refractivity contribution in [3.8, 4) is 0 Å². The molecule has 1 aromatic carbocycles. The molecule has 0 aliphatic heterocycles. The maximum atomic E-state index is 13.2. The van der Waals surface area contributed by atoms with E-state index >= 15 is 0 Å². The molecule has 0 aliphatic rings. The van der Waals surface area contributed by atoms with Crippen molar-refractivity contribution >= 4 is 0 Å². The molecule has 0 radical (unpaired) electrons. The van der Waals surface area contributed by atoms with Gasteiger partial charge in [-0.05, 0) is 38.6 Å². The third-order valence-corrected chi connectivity index (χ3v) is 3.18. The van der Waals surface area contributed by atoms with Crippen LogP contribution in [0.1, 0.15) is 37.0 Å². The third kappa shape index (κ3) is 3.38. The van der Waals surface area contributed by atoms with Crippen LogP contribution in [0.4, 0.5) is 4.39 Å². The molecule has 4 nitrogen and oxygen atoms in total. The number of aromatic nitrogens is 2. The molecule has 19 heavy (non-hydrogen) atoms. The van der Waals surface area contributed by atoms with Gasteiger partial charge in [-0.25, -0.2) is 4.39 Å². The highest BCUT2D eigenvalue weighted by molar-refractivity contribution is 5.24. The van der Waals surface area contributed by atoms with Crippen LogP contribution in [-0.4, -0.2) is 23.2 Å². The van der Waals surface area contributed by atoms with Crippen molar-refractivity contribution < 1.29 is 8.91 Å². The van der Waals surface area contributed by atoms with E-state index in [2.05, 4.69) is 15.5 Å². The molecule has 0 fully saturated rings. The summed E-state index contributed by atoms with van der Waals surface area (Å²) in [5.41, 5.74) is 0.830. The van der Waals surface area contributed by atoms with E-state index < -0.39 is 0 Å². The summed E-state index contributed by atoms with van der Waals surface area (Å²) in [4.78, 5) is 4.36. The highest BCUT2D eigenvalue weighted by Gasteiger charge is 2.17. The van der Waals surface area contributed by atoms with Crippen LogP contribution < -0.4 is 5.32 Å². The van der Waals surface area contributed by atoms with E-state index in [1.54, 1.807) is 6.07 Å². The number of halogens is 1. The van der Waals surface area contributed by atoms with E-state index in [1.807, 2.05) is 27.0 Å². The zero-order chi connectivity index (χ0) is 13.8. The lowest BCUT2D eigenvalue weighted by molar-refractivity contribution is 0.363. The average Bonchev–Trinajstić information content (AvgIpc) is 2.86. The van der Waals surface area contributed by atoms with Gasteiger partial charge in [-0.1, -0.05) is 17.3 Å². The van der Waals surface area contributed by atoms with Crippen LogP contribution in [0.15, 0.2) is 28.8 Å². The minimum absolute atomic E-state index is 0.109. The minimum atomic E-state index is -0.257. The molecule has 1 heterocycles. The van der Waals surface area contributed by atoms with Gasteiger partial charge < -0.3 is 9.84 Å². The Morgan fingerprint density at radius 3 is 2.84 bits per heavy atom. The van der Waals surface area contributed by atoms with Gasteiger partial charge in [0.2, 0.25) is 5.89 Å². The second kappa shape index (κ2) is 5.93. The van der Waals surface area contributed by atoms with Gasteiger partial charge in [0.05, 0.1) is 5.92 Å². The molecule has 0 bridgehead atoms. The Kier molecular flexibility index (Phi) is 4.27. The maximum absolute atomic E-state index is 13.2. The first-order chi connectivity index (χ1) is 9.10. The molecule has 1 N–H and O–H groups in total. The van der Waals surface area contributed by atoms with Gasteiger partial charge in [-0.2, -0.15) is 4.98 Å². The summed E-state index contributed by atoms with van der Waals surface area (Å²) in [5, 5.41) is 7.07. The molecule has 102 valence electrons. The molecule has 0 aliphatic carbocycles. The maximum Gasteiger partial charge on any atom is 0.233 e. The van der Waals surface area contributed by atoms with Crippen molar-refractivity contribution in [1.29, 1.82) is 0 Å². The monoisotopic (exact) mass is 263 g/mol. The van der Waals surface area contributed by atoms with Crippen LogP contribution in [0.2, 0.25) is 0 Å². The molecule has 1 aromatic heterocycles. The molecule has 0 amide bonds. The van der Waals surface area contributed by atoms with Crippen molar-refractivity contribution in [2.45, 2.75) is 32.2 Å². The van der Waals surface area contributed by atoms with Crippen LogP contribution >= 0.6 is 0 Å². The predicted molar refractivity (Wildman–Crippen MR) is 70.4 cm³/mol. The molecule has 5 heteroatoms. The smallest absolute Gasteiger partial charge is 0.233 e. The molecule has 2 atom stereocenters. The highest BCUT2D eigenvalue weighted by atomic mass is 19.1. The zero-order valence-electron chi connectivity index (χ0n) is 11.4. The SMILES string of the molecule is CNC(C)Cc1noc(C(C)c2cccc(F)c2)n1. The average molecular weight is 263 g/mol. The van der Waals surface area contributed by atoms with Crippen molar-refractivity contribution in [1.82, 2.24) is 15.5 Å². The van der Waals surface area contributed by atoms with Gasteiger partial charge in [-0.15, -0.1) is 0 Å². The molecule has 2 unspecified atom stereocenters. The zero-order valence-corrected chi connectivity index (χ0v) is 11.4. The molecule has 2 rings (SSSR count). The highest BCUT2D eigenvalue weighted by Crippen LogP contribution is 2.23. The van der Waals surface area contributed by atoms with Gasteiger partial charge >= 0.3 is 0 Å². The second-order valence-corrected chi connectivity index (χ2v) is 4.72. The van der Waals surface area contributed by atoms with E-state index in [0.29, 0.717) is 18.1 Å². The van der Waals surface area contributed by atoms with Crippen LogP contribution in [0.5, 0.6) is 0 Å². The lowest BCUT2D eigenvalue weighted by Crippen LogP contribution is -2.24. The van der Waals surface area contributed by atoms with Gasteiger partial charge in [0.25, 0.3) is 0 Å². The van der Waals surface area contributed by atoms with Crippen molar-refractivity contribution in [3.63, 3.8) is 0 Å². The second-order valence-electron chi connectivity index (χ2n) is 4.72. The molecule has 0 saturated heterocycles. The first-order valence-corrected chi connectivity index (χ1v) is 6.35. The van der Waals surface area contributed by atoms with E-state index in [0.717, 1.165) is 5.56 Å². The molecule has 0 spiro atoms. The number of hydrogen-bond acceptors (Lipinski definition) is 4. The largest absolute Gasteiger partial charge is 0.339 e. The fourth-order valence-electron chi connectivity index (χ4n) is 1.82. The normalized spacial score (nSPS) is 14.3. The number of benzene rings is 1. The summed E-state index contributed by atoms with van der Waals surface area (Å²) in [7, 11) is 1.89. The Bertz CT molecular complexity index is 541. The summed E-state index contributed by atoms with van der Waals surface area (Å²) in [6.45, 7) is 3.97. The molecular weight excluding hydrogens is 245 g/mol. The molecule has 0 saturated carbocycles. The third-order valence-electron chi connectivity index (χ3n) is 3.18. The Morgan fingerprint density at radius 1 is 1.37 bits per heavy atom. The summed E-state index contributed by atoms with van der Waals surface area (Å²) in [5.74, 6) is 0.818. The first kappa shape index (κ1) is 13.7. The van der Waals surface area contributed by atoms with E-state index in [9.17, 15) is 4.39 Å². The number of hydrogen-bond donors (Lipinski definition) is 1. The summed E-state index contributed by atoms with van der Waals surface area (Å²) in [6.07, 6.45) is 0.704. The van der Waals surface area contributed by atoms with Crippen molar-refractivity contribution in [3.05, 3.63) is 47.4 Å². The Labute approximate surface area is 112 Å². The standard InChI is InChI=1S/C14H18FN3O/c1-9(16-3)7-13-17-14(19-18-13)10(2)11-5-4-6-12(15)8-11/h4-6,8-10,16H,7H2,1-3H3. The van der Waals surface area contributed by atoms with E-state index in [4.69, 9.17) is 4.52 Å². The Hall–Kier alpha value is -1.75. The first-order valence-electron chi connectivity index (χ1n) is 6.35. The van der Waals surface area contributed by atoms with E-state index in [1.165, 1.54) is 12.1 Å².